The van der Waals surface area contributed by atoms with Gasteiger partial charge in [-0.25, -0.2) is 0 Å². The van der Waals surface area contributed by atoms with Crippen LogP contribution in [0.4, 0.5) is 0 Å². The van der Waals surface area contributed by atoms with Crippen LogP contribution in [0.3, 0.4) is 0 Å². The molecule has 1 aromatic rings. The summed E-state index contributed by atoms with van der Waals surface area (Å²) in [7, 11) is 3.68. The molecule has 0 fully saturated rings. The maximum absolute atomic E-state index is 6.13. The summed E-state index contributed by atoms with van der Waals surface area (Å²) < 4.78 is 8.25. The molecule has 1 heterocycles. The molecule has 2 N–H and O–H groups in total. The van der Waals surface area contributed by atoms with Crippen molar-refractivity contribution in [3.05, 3.63) is 15.9 Å². The van der Waals surface area contributed by atoms with Crippen molar-refractivity contribution >= 4 is 15.9 Å². The molecule has 1 aromatic heterocycles. The molecular weight excluding hydrogens is 282 g/mol. The summed E-state index contributed by atoms with van der Waals surface area (Å²) in [5, 5.41) is 4.46. The number of aromatic nitrogens is 2. The van der Waals surface area contributed by atoms with Crippen LogP contribution in [0.5, 0.6) is 0 Å². The number of aryl methyl sites for hydroxylation is 2. The highest BCUT2D eigenvalue weighted by molar-refractivity contribution is 9.10. The zero-order chi connectivity index (χ0) is 13.0. The zero-order valence-corrected chi connectivity index (χ0v) is 12.6. The van der Waals surface area contributed by atoms with Gasteiger partial charge in [0.05, 0.1) is 22.0 Å². The lowest BCUT2D eigenvalue weighted by Gasteiger charge is -2.16. The predicted octanol–water partition coefficient (Wildman–Crippen LogP) is 2.04. The smallest absolute Gasteiger partial charge is 0.0766 e. The monoisotopic (exact) mass is 303 g/mol. The summed E-state index contributed by atoms with van der Waals surface area (Å²) >= 11 is 3.60. The van der Waals surface area contributed by atoms with Crippen LogP contribution >= 0.6 is 15.9 Å². The third-order valence-electron chi connectivity index (χ3n) is 3.00. The van der Waals surface area contributed by atoms with Crippen molar-refractivity contribution in [2.24, 2.45) is 12.8 Å². The molecule has 0 aromatic carbocycles. The first-order valence-corrected chi connectivity index (χ1v) is 6.77. The zero-order valence-electron chi connectivity index (χ0n) is 11.0. The number of hydrogen-bond acceptors (Lipinski definition) is 3. The van der Waals surface area contributed by atoms with Crippen molar-refractivity contribution < 1.29 is 4.74 Å². The highest BCUT2D eigenvalue weighted by Crippen LogP contribution is 2.23. The van der Waals surface area contributed by atoms with Crippen LogP contribution in [-0.2, 0) is 24.6 Å². The van der Waals surface area contributed by atoms with Gasteiger partial charge in [-0.05, 0) is 35.7 Å². The number of halogens is 1. The number of rotatable bonds is 6. The van der Waals surface area contributed by atoms with E-state index in [-0.39, 0.29) is 12.1 Å². The van der Waals surface area contributed by atoms with Gasteiger partial charge in [0.2, 0.25) is 0 Å². The van der Waals surface area contributed by atoms with Crippen molar-refractivity contribution in [3.8, 4) is 0 Å². The molecule has 4 nitrogen and oxygen atoms in total. The van der Waals surface area contributed by atoms with Gasteiger partial charge in [-0.1, -0.05) is 6.92 Å². The Kier molecular flexibility index (Phi) is 5.62. The lowest BCUT2D eigenvalue weighted by Crippen LogP contribution is -2.28. The van der Waals surface area contributed by atoms with Crippen molar-refractivity contribution in [2.45, 2.75) is 45.3 Å². The second-order valence-corrected chi connectivity index (χ2v) is 5.22. The van der Waals surface area contributed by atoms with E-state index >= 15 is 0 Å². The summed E-state index contributed by atoms with van der Waals surface area (Å²) in [6.45, 7) is 4.14. The van der Waals surface area contributed by atoms with Crippen molar-refractivity contribution in [1.29, 1.82) is 0 Å². The Morgan fingerprint density at radius 1 is 1.53 bits per heavy atom. The van der Waals surface area contributed by atoms with E-state index in [4.69, 9.17) is 10.5 Å². The van der Waals surface area contributed by atoms with E-state index in [1.165, 1.54) is 0 Å². The summed E-state index contributed by atoms with van der Waals surface area (Å²) in [4.78, 5) is 0. The molecule has 0 aliphatic rings. The Labute approximate surface area is 112 Å². The largest absolute Gasteiger partial charge is 0.382 e. The van der Waals surface area contributed by atoms with Gasteiger partial charge in [-0.3, -0.25) is 4.68 Å². The molecule has 0 amide bonds. The van der Waals surface area contributed by atoms with E-state index in [1.54, 1.807) is 7.11 Å². The number of nitrogens with two attached hydrogens (primary N) is 1. The maximum Gasteiger partial charge on any atom is 0.0766 e. The maximum atomic E-state index is 6.13. The Hall–Kier alpha value is -0.390. The fourth-order valence-electron chi connectivity index (χ4n) is 1.90. The van der Waals surface area contributed by atoms with Gasteiger partial charge in [0.25, 0.3) is 0 Å². The molecule has 1 rings (SSSR count). The molecule has 98 valence electrons. The molecule has 0 bridgehead atoms. The van der Waals surface area contributed by atoms with Gasteiger partial charge in [0.1, 0.15) is 0 Å². The number of methoxy groups -OCH3 is 1. The van der Waals surface area contributed by atoms with Crippen LogP contribution in [-0.4, -0.2) is 29.0 Å². The second kappa shape index (κ2) is 6.52. The van der Waals surface area contributed by atoms with Crippen LogP contribution in [0.15, 0.2) is 4.47 Å². The van der Waals surface area contributed by atoms with Crippen LogP contribution in [0.1, 0.15) is 31.7 Å². The standard InChI is InChI=1S/C12H22BrN3O/c1-5-10-12(13)11(16(3)15-10)7-9(14)6-8(2)17-4/h8-9H,5-7,14H2,1-4H3. The molecule has 17 heavy (non-hydrogen) atoms. The van der Waals surface area contributed by atoms with E-state index < -0.39 is 0 Å². The number of hydrogen-bond donors (Lipinski definition) is 1. The molecule has 0 aliphatic heterocycles. The predicted molar refractivity (Wildman–Crippen MR) is 73.1 cm³/mol. The lowest BCUT2D eigenvalue weighted by molar-refractivity contribution is 0.104. The van der Waals surface area contributed by atoms with Crippen LogP contribution in [0.2, 0.25) is 0 Å². The molecule has 0 spiro atoms. The van der Waals surface area contributed by atoms with E-state index in [0.29, 0.717) is 0 Å². The summed E-state index contributed by atoms with van der Waals surface area (Å²) in [6.07, 6.45) is 2.80. The second-order valence-electron chi connectivity index (χ2n) is 4.43. The van der Waals surface area contributed by atoms with E-state index in [9.17, 15) is 0 Å². The van der Waals surface area contributed by atoms with Crippen LogP contribution in [0.25, 0.3) is 0 Å². The van der Waals surface area contributed by atoms with Crippen LogP contribution in [0, 0.1) is 0 Å². The Bertz CT molecular complexity index is 365. The Morgan fingerprint density at radius 3 is 2.65 bits per heavy atom. The first kappa shape index (κ1) is 14.7. The quantitative estimate of drug-likeness (QED) is 0.875. The van der Waals surface area contributed by atoms with E-state index in [2.05, 4.69) is 28.0 Å². The lowest BCUT2D eigenvalue weighted by atomic mass is 10.1. The van der Waals surface area contributed by atoms with Gasteiger partial charge >= 0.3 is 0 Å². The SMILES string of the molecule is CCc1nn(C)c(CC(N)CC(C)OC)c1Br. The number of ether oxygens (including phenoxy) is 1. The van der Waals surface area contributed by atoms with Gasteiger partial charge in [-0.15, -0.1) is 0 Å². The first-order valence-electron chi connectivity index (χ1n) is 5.98. The normalized spacial score (nSPS) is 14.9. The van der Waals surface area contributed by atoms with Gasteiger partial charge in [0, 0.05) is 26.6 Å². The Balaban J connectivity index is 2.71. The topological polar surface area (TPSA) is 53.1 Å². The van der Waals surface area contributed by atoms with Gasteiger partial charge in [0.15, 0.2) is 0 Å². The van der Waals surface area contributed by atoms with E-state index in [1.807, 2.05) is 18.7 Å². The minimum Gasteiger partial charge on any atom is -0.382 e. The van der Waals surface area contributed by atoms with Crippen molar-refractivity contribution in [2.75, 3.05) is 7.11 Å². The molecule has 2 unspecified atom stereocenters. The molecule has 2 atom stereocenters. The highest BCUT2D eigenvalue weighted by atomic mass is 79.9. The van der Waals surface area contributed by atoms with Gasteiger partial charge < -0.3 is 10.5 Å². The van der Waals surface area contributed by atoms with Crippen LogP contribution < -0.4 is 5.73 Å². The summed E-state index contributed by atoms with van der Waals surface area (Å²) in [5.74, 6) is 0. The van der Waals surface area contributed by atoms with Crippen molar-refractivity contribution in [3.63, 3.8) is 0 Å². The molecule has 5 heteroatoms. The summed E-state index contributed by atoms with van der Waals surface area (Å²) in [5.41, 5.74) is 8.39. The average Bonchev–Trinajstić information content (AvgIpc) is 2.56. The third-order valence-corrected chi connectivity index (χ3v) is 3.91. The first-order chi connectivity index (χ1) is 7.99. The fraction of sp³-hybridized carbons (Fsp3) is 0.750. The fourth-order valence-corrected chi connectivity index (χ4v) is 2.67. The molecular formula is C12H22BrN3O. The third kappa shape index (κ3) is 3.79. The van der Waals surface area contributed by atoms with Gasteiger partial charge in [-0.2, -0.15) is 5.10 Å². The molecule has 0 radical (unpaired) electrons. The minimum atomic E-state index is 0.0985. The van der Waals surface area contributed by atoms with Crippen molar-refractivity contribution in [1.82, 2.24) is 9.78 Å². The minimum absolute atomic E-state index is 0.0985. The molecule has 0 saturated carbocycles. The summed E-state index contributed by atoms with van der Waals surface area (Å²) in [6, 6.07) is 0.0985. The van der Waals surface area contributed by atoms with E-state index in [0.717, 1.165) is 35.1 Å². The highest BCUT2D eigenvalue weighted by Gasteiger charge is 2.16. The Morgan fingerprint density at radius 2 is 2.18 bits per heavy atom. The molecule has 0 saturated heterocycles. The average molecular weight is 304 g/mol. The molecule has 0 aliphatic carbocycles. The number of nitrogens with zero attached hydrogens (tertiary/aromatic N) is 2.